The third-order valence-electron chi connectivity index (χ3n) is 5.49. The minimum Gasteiger partial charge on any atom is -0.308 e. The maximum atomic E-state index is 13.5. The van der Waals surface area contributed by atoms with Crippen molar-refractivity contribution in [2.45, 2.75) is 30.8 Å². The van der Waals surface area contributed by atoms with Crippen LogP contribution in [0.1, 0.15) is 18.1 Å². The van der Waals surface area contributed by atoms with Crippen molar-refractivity contribution in [1.82, 2.24) is 4.31 Å². The minimum absolute atomic E-state index is 0.0150. The second kappa shape index (κ2) is 9.24. The normalized spacial score (nSPS) is 15.8. The van der Waals surface area contributed by atoms with Gasteiger partial charge in [0.25, 0.3) is 0 Å². The molecule has 0 saturated carbocycles. The molecule has 1 aliphatic heterocycles. The molecular weight excluding hydrogens is 467 g/mol. The Hall–Kier alpha value is -2.38. The molecule has 0 spiro atoms. The fraction of sp³-hybridized carbons (Fsp3) is 0.208. The van der Waals surface area contributed by atoms with E-state index in [1.54, 1.807) is 29.2 Å². The average molecular weight is 489 g/mol. The molecule has 0 fully saturated rings. The molecule has 0 radical (unpaired) electrons. The van der Waals surface area contributed by atoms with Crippen molar-refractivity contribution in [2.75, 3.05) is 11.4 Å². The lowest BCUT2D eigenvalue weighted by Gasteiger charge is -2.27. The molecular formula is C24H22Cl2N2O3S. The number of rotatable bonds is 6. The summed E-state index contributed by atoms with van der Waals surface area (Å²) >= 11 is 12.0. The number of fused-ring (bicyclic) bond motifs is 1. The molecule has 1 unspecified atom stereocenters. The lowest BCUT2D eigenvalue weighted by molar-refractivity contribution is -0.119. The van der Waals surface area contributed by atoms with Gasteiger partial charge >= 0.3 is 0 Å². The third kappa shape index (κ3) is 4.69. The van der Waals surface area contributed by atoms with E-state index >= 15 is 0 Å². The number of nitrogens with zero attached hydrogens (tertiary/aromatic N) is 2. The van der Waals surface area contributed by atoms with Crippen LogP contribution in [-0.2, 0) is 27.8 Å². The zero-order valence-electron chi connectivity index (χ0n) is 17.4. The summed E-state index contributed by atoms with van der Waals surface area (Å²) in [7, 11) is -3.96. The van der Waals surface area contributed by atoms with Crippen LogP contribution in [0.25, 0.3) is 0 Å². The smallest absolute Gasteiger partial charge is 0.243 e. The Labute approximate surface area is 198 Å². The SMILES string of the molecule is CC1Cc2ccccc2N1C(=O)CN(Cc1cccc(Cl)c1)S(=O)(=O)c1ccc(Cl)cc1. The summed E-state index contributed by atoms with van der Waals surface area (Å²) < 4.78 is 28.2. The van der Waals surface area contributed by atoms with Crippen LogP contribution in [0.15, 0.2) is 77.7 Å². The molecule has 3 aromatic rings. The molecule has 0 aliphatic carbocycles. The molecule has 32 heavy (non-hydrogen) atoms. The summed E-state index contributed by atoms with van der Waals surface area (Å²) in [6.07, 6.45) is 0.736. The first-order valence-corrected chi connectivity index (χ1v) is 12.4. The molecule has 1 aliphatic rings. The summed E-state index contributed by atoms with van der Waals surface area (Å²) in [4.78, 5) is 15.2. The van der Waals surface area contributed by atoms with Gasteiger partial charge in [0, 0.05) is 28.3 Å². The Balaban J connectivity index is 1.68. The van der Waals surface area contributed by atoms with Gasteiger partial charge in [-0.15, -0.1) is 0 Å². The van der Waals surface area contributed by atoms with Crippen LogP contribution in [0, 0.1) is 0 Å². The molecule has 3 aromatic carbocycles. The molecule has 8 heteroatoms. The zero-order chi connectivity index (χ0) is 22.9. The molecule has 0 N–H and O–H groups in total. The van der Waals surface area contributed by atoms with E-state index in [4.69, 9.17) is 23.2 Å². The standard InChI is InChI=1S/C24H22Cl2N2O3S/c1-17-13-19-6-2-3-8-23(19)28(17)24(29)16-27(15-18-5-4-7-21(26)14-18)32(30,31)22-11-9-20(25)10-12-22/h2-12,14,17H,13,15-16H2,1H3. The van der Waals surface area contributed by atoms with Crippen LogP contribution in [0.4, 0.5) is 5.69 Å². The van der Waals surface area contributed by atoms with Crippen molar-refractivity contribution in [3.63, 3.8) is 0 Å². The minimum atomic E-state index is -3.96. The van der Waals surface area contributed by atoms with Gasteiger partial charge in [0.05, 0.1) is 11.4 Å². The van der Waals surface area contributed by atoms with E-state index in [-0.39, 0.29) is 29.9 Å². The van der Waals surface area contributed by atoms with Crippen LogP contribution in [0.3, 0.4) is 0 Å². The largest absolute Gasteiger partial charge is 0.308 e. The zero-order valence-corrected chi connectivity index (χ0v) is 19.7. The van der Waals surface area contributed by atoms with E-state index in [1.165, 1.54) is 28.6 Å². The number of benzene rings is 3. The Morgan fingerprint density at radius 3 is 2.44 bits per heavy atom. The van der Waals surface area contributed by atoms with Crippen LogP contribution in [0.2, 0.25) is 10.0 Å². The highest BCUT2D eigenvalue weighted by Crippen LogP contribution is 2.32. The predicted octanol–water partition coefficient (Wildman–Crippen LogP) is 5.16. The Morgan fingerprint density at radius 2 is 1.72 bits per heavy atom. The lowest BCUT2D eigenvalue weighted by atomic mass is 10.1. The van der Waals surface area contributed by atoms with Gasteiger partial charge < -0.3 is 4.90 Å². The van der Waals surface area contributed by atoms with Gasteiger partial charge in [-0.3, -0.25) is 4.79 Å². The van der Waals surface area contributed by atoms with Gasteiger partial charge in [-0.2, -0.15) is 4.31 Å². The highest BCUT2D eigenvalue weighted by Gasteiger charge is 2.34. The van der Waals surface area contributed by atoms with Crippen molar-refractivity contribution in [3.8, 4) is 0 Å². The quantitative estimate of drug-likeness (QED) is 0.481. The number of anilines is 1. The van der Waals surface area contributed by atoms with Crippen LogP contribution in [-0.4, -0.2) is 31.2 Å². The topological polar surface area (TPSA) is 57.7 Å². The number of carbonyl (C=O) groups is 1. The molecule has 1 heterocycles. The summed E-state index contributed by atoms with van der Waals surface area (Å²) in [5, 5.41) is 0.934. The Morgan fingerprint density at radius 1 is 1.00 bits per heavy atom. The van der Waals surface area contributed by atoms with E-state index in [0.29, 0.717) is 15.6 Å². The molecule has 0 aromatic heterocycles. The first-order chi connectivity index (χ1) is 15.3. The fourth-order valence-corrected chi connectivity index (χ4v) is 5.71. The molecule has 166 valence electrons. The molecule has 1 atom stereocenters. The third-order valence-corrected chi connectivity index (χ3v) is 7.78. The van der Waals surface area contributed by atoms with Gasteiger partial charge in [0.1, 0.15) is 0 Å². The fourth-order valence-electron chi connectivity index (χ4n) is 3.99. The number of para-hydroxylation sites is 1. The van der Waals surface area contributed by atoms with E-state index in [1.807, 2.05) is 31.2 Å². The molecule has 0 saturated heterocycles. The lowest BCUT2D eigenvalue weighted by Crippen LogP contribution is -2.44. The van der Waals surface area contributed by atoms with Crippen molar-refractivity contribution in [1.29, 1.82) is 0 Å². The maximum absolute atomic E-state index is 13.5. The number of amides is 1. The number of hydrogen-bond acceptors (Lipinski definition) is 3. The van der Waals surface area contributed by atoms with Gasteiger partial charge in [0.2, 0.25) is 15.9 Å². The number of hydrogen-bond donors (Lipinski definition) is 0. The molecule has 0 bridgehead atoms. The first-order valence-electron chi connectivity index (χ1n) is 10.2. The van der Waals surface area contributed by atoms with Gasteiger partial charge in [-0.05, 0) is 66.9 Å². The van der Waals surface area contributed by atoms with Gasteiger partial charge in [-0.25, -0.2) is 8.42 Å². The van der Waals surface area contributed by atoms with Crippen molar-refractivity contribution >= 4 is 44.8 Å². The average Bonchev–Trinajstić information content (AvgIpc) is 3.09. The molecule has 5 nitrogen and oxygen atoms in total. The monoisotopic (exact) mass is 488 g/mol. The van der Waals surface area contributed by atoms with Crippen molar-refractivity contribution in [3.05, 3.63) is 94.0 Å². The Bertz CT molecular complexity index is 1250. The van der Waals surface area contributed by atoms with Crippen LogP contribution >= 0.6 is 23.2 Å². The van der Waals surface area contributed by atoms with Crippen LogP contribution < -0.4 is 4.90 Å². The highest BCUT2D eigenvalue weighted by atomic mass is 35.5. The highest BCUT2D eigenvalue weighted by molar-refractivity contribution is 7.89. The van der Waals surface area contributed by atoms with Crippen molar-refractivity contribution < 1.29 is 13.2 Å². The van der Waals surface area contributed by atoms with E-state index in [9.17, 15) is 13.2 Å². The van der Waals surface area contributed by atoms with E-state index in [2.05, 4.69) is 0 Å². The van der Waals surface area contributed by atoms with Gasteiger partial charge in [-0.1, -0.05) is 53.5 Å². The van der Waals surface area contributed by atoms with Crippen LogP contribution in [0.5, 0.6) is 0 Å². The second-order valence-corrected chi connectivity index (χ2v) is 10.6. The van der Waals surface area contributed by atoms with E-state index in [0.717, 1.165) is 17.7 Å². The second-order valence-electron chi connectivity index (χ2n) is 7.80. The molecule has 1 amide bonds. The number of carbonyl (C=O) groups excluding carboxylic acids is 1. The number of halogens is 2. The summed E-state index contributed by atoms with van der Waals surface area (Å²) in [5.74, 6) is -0.276. The maximum Gasteiger partial charge on any atom is 0.243 e. The van der Waals surface area contributed by atoms with Crippen molar-refractivity contribution in [2.24, 2.45) is 0 Å². The summed E-state index contributed by atoms with van der Waals surface area (Å²) in [5.41, 5.74) is 2.60. The number of sulfonamides is 1. The molecule has 4 rings (SSSR count). The predicted molar refractivity (Wildman–Crippen MR) is 128 cm³/mol. The summed E-state index contributed by atoms with van der Waals surface area (Å²) in [6.45, 7) is 1.68. The van der Waals surface area contributed by atoms with E-state index < -0.39 is 10.0 Å². The summed E-state index contributed by atoms with van der Waals surface area (Å²) in [6, 6.07) is 20.5. The van der Waals surface area contributed by atoms with Gasteiger partial charge in [0.15, 0.2) is 0 Å². The first kappa shape index (κ1) is 22.8. The Kier molecular flexibility index (Phi) is 6.58.